The number of amides is 2. The third kappa shape index (κ3) is 3.07. The average molecular weight is 362 g/mol. The van der Waals surface area contributed by atoms with Crippen LogP contribution >= 0.6 is 27.5 Å². The lowest BCUT2D eigenvalue weighted by molar-refractivity contribution is 0.0600. The number of nitrogens with zero attached hydrogens (tertiary/aromatic N) is 2. The molecular formula is C13H14BrClN2O3. The summed E-state index contributed by atoms with van der Waals surface area (Å²) in [6.45, 7) is 1.86. The molecule has 2 rings (SSSR count). The standard InChI is InChI=1S/C13H14BrClN2O3/c1-20-13(19)17-7-5-16(6-8-17)12(18)9-3-2-4-10(14)11(9)15/h2-4H,5-8H2,1H3. The van der Waals surface area contributed by atoms with Crippen LogP contribution in [0.25, 0.3) is 0 Å². The van der Waals surface area contributed by atoms with Crippen molar-refractivity contribution in [3.8, 4) is 0 Å². The average Bonchev–Trinajstić information content (AvgIpc) is 2.48. The summed E-state index contributed by atoms with van der Waals surface area (Å²) in [7, 11) is 1.35. The minimum absolute atomic E-state index is 0.124. The molecule has 0 saturated carbocycles. The van der Waals surface area contributed by atoms with Gasteiger partial charge >= 0.3 is 6.09 Å². The van der Waals surface area contributed by atoms with Crippen molar-refractivity contribution in [1.29, 1.82) is 0 Å². The molecule has 0 unspecified atom stereocenters. The second-order valence-corrected chi connectivity index (χ2v) is 5.58. The Morgan fingerprint density at radius 1 is 1.20 bits per heavy atom. The van der Waals surface area contributed by atoms with Gasteiger partial charge in [-0.15, -0.1) is 0 Å². The van der Waals surface area contributed by atoms with Crippen LogP contribution in [0.4, 0.5) is 4.79 Å². The summed E-state index contributed by atoms with van der Waals surface area (Å²) in [5.74, 6) is -0.124. The molecule has 1 saturated heterocycles. The number of ether oxygens (including phenoxy) is 1. The van der Waals surface area contributed by atoms with Gasteiger partial charge < -0.3 is 14.5 Å². The third-order valence-electron chi connectivity index (χ3n) is 3.18. The topological polar surface area (TPSA) is 49.9 Å². The molecule has 1 fully saturated rings. The molecule has 2 amide bonds. The Bertz CT molecular complexity index is 530. The van der Waals surface area contributed by atoms with Crippen molar-refractivity contribution in [2.24, 2.45) is 0 Å². The van der Waals surface area contributed by atoms with Crippen LogP contribution in [0.15, 0.2) is 22.7 Å². The number of benzene rings is 1. The monoisotopic (exact) mass is 360 g/mol. The second kappa shape index (κ2) is 6.45. The summed E-state index contributed by atoms with van der Waals surface area (Å²) in [4.78, 5) is 27.1. The van der Waals surface area contributed by atoms with Crippen LogP contribution in [0.2, 0.25) is 5.02 Å². The second-order valence-electron chi connectivity index (χ2n) is 4.35. The molecule has 0 aliphatic carbocycles. The Hall–Kier alpha value is -1.27. The number of hydrogen-bond acceptors (Lipinski definition) is 3. The molecule has 1 aromatic carbocycles. The summed E-state index contributed by atoms with van der Waals surface area (Å²) < 4.78 is 5.35. The van der Waals surface area contributed by atoms with Crippen molar-refractivity contribution in [2.45, 2.75) is 0 Å². The highest BCUT2D eigenvalue weighted by molar-refractivity contribution is 9.10. The number of piperazine rings is 1. The first kappa shape index (κ1) is 15.1. The quantitative estimate of drug-likeness (QED) is 0.772. The first-order valence-electron chi connectivity index (χ1n) is 6.10. The smallest absolute Gasteiger partial charge is 0.409 e. The Morgan fingerprint density at radius 3 is 2.40 bits per heavy atom. The molecule has 0 aromatic heterocycles. The summed E-state index contributed by atoms with van der Waals surface area (Å²) in [5, 5.41) is 0.410. The zero-order valence-electron chi connectivity index (χ0n) is 10.9. The number of hydrogen-bond donors (Lipinski definition) is 0. The largest absolute Gasteiger partial charge is 0.453 e. The van der Waals surface area contributed by atoms with Crippen LogP contribution in [-0.2, 0) is 4.74 Å². The van der Waals surface area contributed by atoms with Gasteiger partial charge in [0.1, 0.15) is 0 Å². The van der Waals surface area contributed by atoms with Gasteiger partial charge in [0, 0.05) is 30.7 Å². The molecule has 108 valence electrons. The maximum atomic E-state index is 12.4. The van der Waals surface area contributed by atoms with E-state index in [1.165, 1.54) is 7.11 Å². The lowest BCUT2D eigenvalue weighted by Crippen LogP contribution is -2.50. The number of carbonyl (C=O) groups is 2. The molecule has 0 spiro atoms. The normalized spacial score (nSPS) is 15.2. The number of carbonyl (C=O) groups excluding carboxylic acids is 2. The fourth-order valence-corrected chi connectivity index (χ4v) is 2.63. The molecule has 1 aliphatic rings. The molecule has 1 aliphatic heterocycles. The highest BCUT2D eigenvalue weighted by Gasteiger charge is 2.26. The first-order chi connectivity index (χ1) is 9.54. The van der Waals surface area contributed by atoms with Gasteiger partial charge in [0.15, 0.2) is 0 Å². The Kier molecular flexibility index (Phi) is 4.88. The van der Waals surface area contributed by atoms with Crippen molar-refractivity contribution in [2.75, 3.05) is 33.3 Å². The minimum atomic E-state index is -0.363. The Labute approximate surface area is 130 Å². The maximum absolute atomic E-state index is 12.4. The van der Waals surface area contributed by atoms with Gasteiger partial charge in [-0.25, -0.2) is 4.79 Å². The first-order valence-corrected chi connectivity index (χ1v) is 7.28. The summed E-state index contributed by atoms with van der Waals surface area (Å²) in [6, 6.07) is 5.25. The third-order valence-corrected chi connectivity index (χ3v) is 4.48. The highest BCUT2D eigenvalue weighted by Crippen LogP contribution is 2.27. The molecule has 1 aromatic rings. The van der Waals surface area contributed by atoms with E-state index in [1.54, 1.807) is 28.0 Å². The number of methoxy groups -OCH3 is 1. The fraction of sp³-hybridized carbons (Fsp3) is 0.385. The Morgan fingerprint density at radius 2 is 1.80 bits per heavy atom. The van der Waals surface area contributed by atoms with Gasteiger partial charge in [0.2, 0.25) is 0 Å². The Balaban J connectivity index is 2.05. The van der Waals surface area contributed by atoms with Gasteiger partial charge in [-0.1, -0.05) is 17.7 Å². The van der Waals surface area contributed by atoms with Crippen LogP contribution in [0.1, 0.15) is 10.4 Å². The predicted octanol–water partition coefficient (Wildman–Crippen LogP) is 2.63. The maximum Gasteiger partial charge on any atom is 0.409 e. The molecule has 5 nitrogen and oxygen atoms in total. The lowest BCUT2D eigenvalue weighted by Gasteiger charge is -2.34. The van der Waals surface area contributed by atoms with Crippen molar-refractivity contribution >= 4 is 39.5 Å². The van der Waals surface area contributed by atoms with Gasteiger partial charge in [0.05, 0.1) is 17.7 Å². The predicted molar refractivity (Wildman–Crippen MR) is 79.0 cm³/mol. The SMILES string of the molecule is COC(=O)N1CCN(C(=O)c2cccc(Br)c2Cl)CC1. The molecule has 0 bridgehead atoms. The molecule has 7 heteroatoms. The van der Waals surface area contributed by atoms with Gasteiger partial charge in [-0.2, -0.15) is 0 Å². The van der Waals surface area contributed by atoms with Crippen LogP contribution < -0.4 is 0 Å². The van der Waals surface area contributed by atoms with E-state index in [-0.39, 0.29) is 12.0 Å². The molecule has 1 heterocycles. The number of rotatable bonds is 1. The number of halogens is 2. The van der Waals surface area contributed by atoms with E-state index in [2.05, 4.69) is 20.7 Å². The van der Waals surface area contributed by atoms with Crippen LogP contribution in [0.5, 0.6) is 0 Å². The molecular weight excluding hydrogens is 348 g/mol. The zero-order valence-corrected chi connectivity index (χ0v) is 13.3. The highest BCUT2D eigenvalue weighted by atomic mass is 79.9. The molecule has 0 atom stereocenters. The van der Waals surface area contributed by atoms with E-state index in [0.29, 0.717) is 41.2 Å². The van der Waals surface area contributed by atoms with Gasteiger partial charge in [0.25, 0.3) is 5.91 Å². The van der Waals surface area contributed by atoms with Crippen LogP contribution in [0.3, 0.4) is 0 Å². The van der Waals surface area contributed by atoms with E-state index < -0.39 is 0 Å². The van der Waals surface area contributed by atoms with Crippen LogP contribution in [-0.4, -0.2) is 55.1 Å². The fourth-order valence-electron chi connectivity index (χ4n) is 2.06. The lowest BCUT2D eigenvalue weighted by atomic mass is 10.2. The molecule has 20 heavy (non-hydrogen) atoms. The van der Waals surface area contributed by atoms with Crippen molar-refractivity contribution in [3.63, 3.8) is 0 Å². The molecule has 0 radical (unpaired) electrons. The van der Waals surface area contributed by atoms with Crippen LogP contribution in [0, 0.1) is 0 Å². The molecule has 0 N–H and O–H groups in total. The summed E-state index contributed by atoms with van der Waals surface area (Å²) in [5.41, 5.74) is 0.465. The summed E-state index contributed by atoms with van der Waals surface area (Å²) >= 11 is 9.43. The van der Waals surface area contributed by atoms with Gasteiger partial charge in [-0.3, -0.25) is 4.79 Å². The minimum Gasteiger partial charge on any atom is -0.453 e. The van der Waals surface area contributed by atoms with Gasteiger partial charge in [-0.05, 0) is 28.1 Å². The van der Waals surface area contributed by atoms with Crippen molar-refractivity contribution < 1.29 is 14.3 Å². The van der Waals surface area contributed by atoms with E-state index in [9.17, 15) is 9.59 Å². The van der Waals surface area contributed by atoms with E-state index in [4.69, 9.17) is 11.6 Å². The van der Waals surface area contributed by atoms with E-state index in [1.807, 2.05) is 0 Å². The zero-order chi connectivity index (χ0) is 14.7. The van der Waals surface area contributed by atoms with E-state index in [0.717, 1.165) is 0 Å². The summed E-state index contributed by atoms with van der Waals surface area (Å²) in [6.07, 6.45) is -0.363. The van der Waals surface area contributed by atoms with Crippen molar-refractivity contribution in [3.05, 3.63) is 33.3 Å². The van der Waals surface area contributed by atoms with E-state index >= 15 is 0 Å². The van der Waals surface area contributed by atoms with Crippen molar-refractivity contribution in [1.82, 2.24) is 9.80 Å².